The number of amides is 1. The number of pyridine rings is 1. The van der Waals surface area contributed by atoms with Crippen LogP contribution in [0, 0.1) is 6.92 Å². The van der Waals surface area contributed by atoms with E-state index in [1.807, 2.05) is 13.8 Å². The number of nitrogens with one attached hydrogen (secondary N) is 1. The van der Waals surface area contributed by atoms with Gasteiger partial charge in [-0.1, -0.05) is 0 Å². The average Bonchev–Trinajstić information content (AvgIpc) is 2.19. The van der Waals surface area contributed by atoms with Gasteiger partial charge in [0.1, 0.15) is 5.56 Å². The lowest BCUT2D eigenvalue weighted by Gasteiger charge is -2.17. The zero-order valence-corrected chi connectivity index (χ0v) is 9.33. The molecule has 1 aromatic rings. The molecule has 0 bridgehead atoms. The minimum atomic E-state index is -0.219. The number of aryl methyl sites for hydroxylation is 1. The Kier molecular flexibility index (Phi) is 3.66. The highest BCUT2D eigenvalue weighted by atomic mass is 16.2. The van der Waals surface area contributed by atoms with Crippen LogP contribution in [0.15, 0.2) is 17.1 Å². The Morgan fingerprint density at radius 2 is 2.00 bits per heavy atom. The topological polar surface area (TPSA) is 53.2 Å². The highest BCUT2D eigenvalue weighted by molar-refractivity contribution is 5.93. The molecule has 0 saturated carbocycles. The van der Waals surface area contributed by atoms with E-state index < -0.39 is 0 Å². The van der Waals surface area contributed by atoms with Gasteiger partial charge in [0.05, 0.1) is 0 Å². The van der Waals surface area contributed by atoms with Crippen molar-refractivity contribution in [2.45, 2.75) is 20.8 Å². The first-order chi connectivity index (χ1) is 7.10. The maximum atomic E-state index is 11.8. The van der Waals surface area contributed by atoms with Crippen LogP contribution in [0.4, 0.5) is 0 Å². The second-order valence-corrected chi connectivity index (χ2v) is 3.37. The van der Waals surface area contributed by atoms with E-state index >= 15 is 0 Å². The molecule has 0 fully saturated rings. The second kappa shape index (κ2) is 4.77. The van der Waals surface area contributed by atoms with Crippen molar-refractivity contribution in [3.05, 3.63) is 33.7 Å². The molecule has 0 aliphatic carbocycles. The van der Waals surface area contributed by atoms with Crippen LogP contribution in [0.3, 0.4) is 0 Å². The summed E-state index contributed by atoms with van der Waals surface area (Å²) in [5, 5.41) is 0. The van der Waals surface area contributed by atoms with Crippen LogP contribution in [0.25, 0.3) is 0 Å². The molecule has 0 aliphatic rings. The lowest BCUT2D eigenvalue weighted by molar-refractivity contribution is 0.0771. The predicted octanol–water partition coefficient (Wildman–Crippen LogP) is 1.17. The predicted molar refractivity (Wildman–Crippen MR) is 59.1 cm³/mol. The van der Waals surface area contributed by atoms with E-state index in [1.54, 1.807) is 11.8 Å². The van der Waals surface area contributed by atoms with Crippen molar-refractivity contribution in [1.82, 2.24) is 9.88 Å². The van der Waals surface area contributed by atoms with E-state index in [0.29, 0.717) is 13.1 Å². The summed E-state index contributed by atoms with van der Waals surface area (Å²) in [5.74, 6) is -0.207. The summed E-state index contributed by atoms with van der Waals surface area (Å²) < 4.78 is 0. The van der Waals surface area contributed by atoms with Crippen molar-refractivity contribution in [3.63, 3.8) is 0 Å². The average molecular weight is 208 g/mol. The van der Waals surface area contributed by atoms with Crippen LogP contribution < -0.4 is 5.43 Å². The third-order valence-corrected chi connectivity index (χ3v) is 2.34. The monoisotopic (exact) mass is 208 g/mol. The van der Waals surface area contributed by atoms with Crippen LogP contribution in [-0.2, 0) is 0 Å². The summed E-state index contributed by atoms with van der Waals surface area (Å²) in [6.07, 6.45) is 1.48. The van der Waals surface area contributed by atoms with Gasteiger partial charge in [-0.3, -0.25) is 9.59 Å². The smallest absolute Gasteiger partial charge is 0.259 e. The van der Waals surface area contributed by atoms with Crippen molar-refractivity contribution in [3.8, 4) is 0 Å². The molecule has 0 aromatic carbocycles. The molecule has 1 aromatic heterocycles. The number of aromatic amines is 1. The first kappa shape index (κ1) is 11.5. The third-order valence-electron chi connectivity index (χ3n) is 2.34. The van der Waals surface area contributed by atoms with E-state index in [9.17, 15) is 9.59 Å². The van der Waals surface area contributed by atoms with E-state index in [1.165, 1.54) is 12.3 Å². The van der Waals surface area contributed by atoms with Crippen LogP contribution >= 0.6 is 0 Å². The molecule has 0 radical (unpaired) electrons. The summed E-state index contributed by atoms with van der Waals surface area (Å²) in [6, 6.07) is 1.44. The molecule has 0 atom stereocenters. The molecule has 0 aliphatic heterocycles. The molecule has 1 amide bonds. The van der Waals surface area contributed by atoms with Crippen LogP contribution in [-0.4, -0.2) is 28.9 Å². The highest BCUT2D eigenvalue weighted by Crippen LogP contribution is 1.99. The van der Waals surface area contributed by atoms with Crippen LogP contribution in [0.5, 0.6) is 0 Å². The molecule has 0 saturated heterocycles. The van der Waals surface area contributed by atoms with Gasteiger partial charge in [-0.15, -0.1) is 0 Å². The zero-order valence-electron chi connectivity index (χ0n) is 9.33. The Hall–Kier alpha value is -1.58. The number of H-pyrrole nitrogens is 1. The van der Waals surface area contributed by atoms with Gasteiger partial charge < -0.3 is 9.88 Å². The molecule has 4 nitrogen and oxygen atoms in total. The minimum absolute atomic E-state index is 0.207. The van der Waals surface area contributed by atoms with Gasteiger partial charge in [0.2, 0.25) is 0 Å². The quantitative estimate of drug-likeness (QED) is 0.810. The minimum Gasteiger partial charge on any atom is -0.364 e. The molecule has 4 heteroatoms. The van der Waals surface area contributed by atoms with Gasteiger partial charge in [-0.25, -0.2) is 0 Å². The molecule has 0 unspecified atom stereocenters. The van der Waals surface area contributed by atoms with Crippen LogP contribution in [0.1, 0.15) is 29.9 Å². The number of carbonyl (C=O) groups excluding carboxylic acids is 1. The van der Waals surface area contributed by atoms with E-state index in [4.69, 9.17) is 0 Å². The number of hydrogen-bond donors (Lipinski definition) is 1. The summed E-state index contributed by atoms with van der Waals surface area (Å²) in [4.78, 5) is 27.9. The molecule has 15 heavy (non-hydrogen) atoms. The molecule has 0 spiro atoms. The number of carbonyl (C=O) groups is 1. The normalized spacial score (nSPS) is 10.1. The maximum Gasteiger partial charge on any atom is 0.259 e. The Morgan fingerprint density at radius 1 is 1.40 bits per heavy atom. The summed E-state index contributed by atoms with van der Waals surface area (Å²) >= 11 is 0. The standard InChI is InChI=1S/C11H16N2O2/c1-4-13(5-2)11(15)9-7-12-8(3)6-10(9)14/h6-7H,4-5H2,1-3H3,(H,12,14). The fourth-order valence-electron chi connectivity index (χ4n) is 1.42. The molecule has 1 N–H and O–H groups in total. The van der Waals surface area contributed by atoms with Gasteiger partial charge in [-0.2, -0.15) is 0 Å². The Balaban J connectivity index is 3.06. The van der Waals surface area contributed by atoms with E-state index in [0.717, 1.165) is 5.69 Å². The largest absolute Gasteiger partial charge is 0.364 e. The third kappa shape index (κ3) is 2.46. The van der Waals surface area contributed by atoms with Crippen molar-refractivity contribution < 1.29 is 4.79 Å². The summed E-state index contributed by atoms with van der Waals surface area (Å²) in [6.45, 7) is 6.80. The Bertz CT molecular complexity index is 405. The fraction of sp³-hybridized carbons (Fsp3) is 0.455. The summed E-state index contributed by atoms with van der Waals surface area (Å²) in [7, 11) is 0. The number of rotatable bonds is 3. The van der Waals surface area contributed by atoms with Gasteiger partial charge in [0.25, 0.3) is 5.91 Å². The lowest BCUT2D eigenvalue weighted by atomic mass is 10.2. The van der Waals surface area contributed by atoms with Gasteiger partial charge in [-0.05, 0) is 20.8 Å². The SMILES string of the molecule is CCN(CC)C(=O)c1c[nH]c(C)cc1=O. The molecule has 1 heterocycles. The van der Waals surface area contributed by atoms with Crippen LogP contribution in [0.2, 0.25) is 0 Å². The molecular weight excluding hydrogens is 192 g/mol. The van der Waals surface area contributed by atoms with Gasteiger partial charge >= 0.3 is 0 Å². The second-order valence-electron chi connectivity index (χ2n) is 3.37. The number of hydrogen-bond acceptors (Lipinski definition) is 2. The van der Waals surface area contributed by atoms with Gasteiger partial charge in [0, 0.05) is 31.0 Å². The highest BCUT2D eigenvalue weighted by Gasteiger charge is 2.15. The van der Waals surface area contributed by atoms with E-state index in [2.05, 4.69) is 4.98 Å². The van der Waals surface area contributed by atoms with Crippen molar-refractivity contribution in [2.75, 3.05) is 13.1 Å². The molecule has 1 rings (SSSR count). The maximum absolute atomic E-state index is 11.8. The lowest BCUT2D eigenvalue weighted by Crippen LogP contribution is -2.33. The summed E-state index contributed by atoms with van der Waals surface area (Å²) in [5.41, 5.74) is 0.753. The fourth-order valence-corrected chi connectivity index (χ4v) is 1.42. The Labute approximate surface area is 88.9 Å². The zero-order chi connectivity index (χ0) is 11.4. The first-order valence-corrected chi connectivity index (χ1v) is 5.08. The molecular formula is C11H16N2O2. The van der Waals surface area contributed by atoms with Crippen molar-refractivity contribution in [1.29, 1.82) is 0 Å². The van der Waals surface area contributed by atoms with Crippen molar-refractivity contribution in [2.24, 2.45) is 0 Å². The first-order valence-electron chi connectivity index (χ1n) is 5.08. The number of aromatic nitrogens is 1. The number of nitrogens with zero attached hydrogens (tertiary/aromatic N) is 1. The van der Waals surface area contributed by atoms with E-state index in [-0.39, 0.29) is 16.9 Å². The Morgan fingerprint density at radius 3 is 2.47 bits per heavy atom. The van der Waals surface area contributed by atoms with Crippen molar-refractivity contribution >= 4 is 5.91 Å². The molecule has 82 valence electrons. The van der Waals surface area contributed by atoms with Gasteiger partial charge in [0.15, 0.2) is 5.43 Å².